The van der Waals surface area contributed by atoms with Crippen LogP contribution < -0.4 is 10.1 Å². The van der Waals surface area contributed by atoms with E-state index in [0.717, 1.165) is 21.2 Å². The summed E-state index contributed by atoms with van der Waals surface area (Å²) >= 11 is 3.10. The molecule has 0 spiro atoms. The maximum Gasteiger partial charge on any atom is 0.270 e. The second-order valence-electron chi connectivity index (χ2n) is 4.94. The Morgan fingerprint density at radius 3 is 2.96 bits per heavy atom. The highest BCUT2D eigenvalue weighted by Crippen LogP contribution is 2.27. The first-order chi connectivity index (χ1) is 11.2. The summed E-state index contributed by atoms with van der Waals surface area (Å²) in [4.78, 5) is 17.5. The van der Waals surface area contributed by atoms with Gasteiger partial charge in [0.2, 0.25) is 0 Å². The number of aryl methyl sites for hydroxylation is 1. The zero-order valence-electron chi connectivity index (χ0n) is 12.6. The van der Waals surface area contributed by atoms with Gasteiger partial charge in [0.05, 0.1) is 11.4 Å². The third-order valence-corrected chi connectivity index (χ3v) is 5.00. The Balaban J connectivity index is 1.48. The fraction of sp³-hybridized carbons (Fsp3) is 0.176. The van der Waals surface area contributed by atoms with Gasteiger partial charge in [0, 0.05) is 5.38 Å². The van der Waals surface area contributed by atoms with Crippen LogP contribution in [0.4, 0.5) is 0 Å². The van der Waals surface area contributed by atoms with E-state index in [1.165, 1.54) is 11.3 Å². The molecule has 118 valence electrons. The van der Waals surface area contributed by atoms with Crippen molar-refractivity contribution in [3.63, 3.8) is 0 Å². The first kappa shape index (κ1) is 15.7. The number of thiazole rings is 1. The number of rotatable bonds is 6. The number of amides is 1. The number of nitrogens with zero attached hydrogens (tertiary/aromatic N) is 1. The lowest BCUT2D eigenvalue weighted by Crippen LogP contribution is -2.28. The van der Waals surface area contributed by atoms with E-state index >= 15 is 0 Å². The summed E-state index contributed by atoms with van der Waals surface area (Å²) < 4.78 is 5.61. The Morgan fingerprint density at radius 1 is 1.26 bits per heavy atom. The van der Waals surface area contributed by atoms with Gasteiger partial charge in [-0.2, -0.15) is 0 Å². The zero-order chi connectivity index (χ0) is 16.1. The van der Waals surface area contributed by atoms with Crippen LogP contribution in [0.2, 0.25) is 0 Å². The number of hydrogen-bond acceptors (Lipinski definition) is 5. The highest BCUT2D eigenvalue weighted by molar-refractivity contribution is 7.20. The van der Waals surface area contributed by atoms with Crippen molar-refractivity contribution in [1.82, 2.24) is 10.3 Å². The topological polar surface area (TPSA) is 51.2 Å². The van der Waals surface area contributed by atoms with Gasteiger partial charge in [-0.25, -0.2) is 4.98 Å². The SMILES string of the molecule is Cc1cccc(OCCNC(=O)c2csc(-c3cccs3)n2)c1. The molecule has 0 unspecified atom stereocenters. The Labute approximate surface area is 142 Å². The monoisotopic (exact) mass is 344 g/mol. The van der Waals surface area contributed by atoms with Crippen LogP contribution in [0.15, 0.2) is 47.2 Å². The van der Waals surface area contributed by atoms with Crippen molar-refractivity contribution in [2.24, 2.45) is 0 Å². The van der Waals surface area contributed by atoms with Crippen molar-refractivity contribution < 1.29 is 9.53 Å². The van der Waals surface area contributed by atoms with Gasteiger partial charge in [-0.05, 0) is 36.1 Å². The molecule has 0 bridgehead atoms. The predicted molar refractivity (Wildman–Crippen MR) is 94.4 cm³/mol. The van der Waals surface area contributed by atoms with E-state index in [1.54, 1.807) is 16.7 Å². The molecule has 1 aromatic carbocycles. The van der Waals surface area contributed by atoms with Crippen LogP contribution in [0, 0.1) is 6.92 Å². The average molecular weight is 344 g/mol. The molecule has 2 aromatic heterocycles. The van der Waals surface area contributed by atoms with Gasteiger partial charge in [-0.1, -0.05) is 18.2 Å². The Kier molecular flexibility index (Phi) is 5.05. The van der Waals surface area contributed by atoms with Gasteiger partial charge in [0.15, 0.2) is 0 Å². The van der Waals surface area contributed by atoms with Crippen LogP contribution in [0.5, 0.6) is 5.75 Å². The lowest BCUT2D eigenvalue weighted by Gasteiger charge is -2.07. The smallest absolute Gasteiger partial charge is 0.270 e. The van der Waals surface area contributed by atoms with E-state index < -0.39 is 0 Å². The lowest BCUT2D eigenvalue weighted by molar-refractivity contribution is 0.0943. The van der Waals surface area contributed by atoms with Crippen molar-refractivity contribution in [3.05, 3.63) is 58.4 Å². The van der Waals surface area contributed by atoms with Crippen molar-refractivity contribution in [3.8, 4) is 15.6 Å². The van der Waals surface area contributed by atoms with Gasteiger partial charge in [0.1, 0.15) is 23.1 Å². The van der Waals surface area contributed by atoms with E-state index in [-0.39, 0.29) is 5.91 Å². The summed E-state index contributed by atoms with van der Waals surface area (Å²) in [6, 6.07) is 11.8. The molecule has 0 fully saturated rings. The number of benzene rings is 1. The molecule has 23 heavy (non-hydrogen) atoms. The van der Waals surface area contributed by atoms with Crippen LogP contribution in [-0.2, 0) is 0 Å². The van der Waals surface area contributed by atoms with E-state index in [2.05, 4.69) is 10.3 Å². The van der Waals surface area contributed by atoms with Gasteiger partial charge in [-0.15, -0.1) is 22.7 Å². The van der Waals surface area contributed by atoms with E-state index in [1.807, 2.05) is 48.7 Å². The Hall–Kier alpha value is -2.18. The summed E-state index contributed by atoms with van der Waals surface area (Å²) in [6.07, 6.45) is 0. The van der Waals surface area contributed by atoms with Crippen LogP contribution in [-0.4, -0.2) is 24.0 Å². The third kappa shape index (κ3) is 4.18. The molecule has 1 amide bonds. The number of carbonyl (C=O) groups excluding carboxylic acids is 1. The summed E-state index contributed by atoms with van der Waals surface area (Å²) in [6.45, 7) is 2.89. The van der Waals surface area contributed by atoms with Gasteiger partial charge in [-0.3, -0.25) is 4.79 Å². The van der Waals surface area contributed by atoms with E-state index in [9.17, 15) is 4.79 Å². The number of ether oxygens (including phenoxy) is 1. The molecule has 4 nitrogen and oxygen atoms in total. The summed E-state index contributed by atoms with van der Waals surface area (Å²) in [7, 11) is 0. The molecule has 3 rings (SSSR count). The molecular weight excluding hydrogens is 328 g/mol. The number of nitrogens with one attached hydrogen (secondary N) is 1. The van der Waals surface area contributed by atoms with Crippen LogP contribution in [0.1, 0.15) is 16.1 Å². The first-order valence-corrected chi connectivity index (χ1v) is 8.95. The number of thiophene rings is 1. The Morgan fingerprint density at radius 2 is 2.17 bits per heavy atom. The molecule has 0 aliphatic rings. The minimum Gasteiger partial charge on any atom is -0.492 e. The number of aromatic nitrogens is 1. The largest absolute Gasteiger partial charge is 0.492 e. The van der Waals surface area contributed by atoms with Gasteiger partial charge in [0.25, 0.3) is 5.91 Å². The Bertz CT molecular complexity index is 782. The molecule has 0 aliphatic carbocycles. The molecule has 1 N–H and O–H groups in total. The van der Waals surface area contributed by atoms with Crippen molar-refractivity contribution >= 4 is 28.6 Å². The summed E-state index contributed by atoms with van der Waals surface area (Å²) in [5, 5.41) is 7.48. The standard InChI is InChI=1S/C17H16N2O2S2/c1-12-4-2-5-13(10-12)21-8-7-18-16(20)14-11-23-17(19-14)15-6-3-9-22-15/h2-6,9-11H,7-8H2,1H3,(H,18,20). The minimum atomic E-state index is -0.170. The molecule has 2 heterocycles. The third-order valence-electron chi connectivity index (χ3n) is 3.11. The summed E-state index contributed by atoms with van der Waals surface area (Å²) in [5.74, 6) is 0.643. The van der Waals surface area contributed by atoms with Crippen molar-refractivity contribution in [2.75, 3.05) is 13.2 Å². The van der Waals surface area contributed by atoms with E-state index in [4.69, 9.17) is 4.74 Å². The molecule has 0 saturated carbocycles. The number of hydrogen-bond donors (Lipinski definition) is 1. The molecular formula is C17H16N2O2S2. The van der Waals surface area contributed by atoms with Gasteiger partial charge < -0.3 is 10.1 Å². The molecule has 0 aliphatic heterocycles. The van der Waals surface area contributed by atoms with Crippen LogP contribution in [0.3, 0.4) is 0 Å². The quantitative estimate of drug-likeness (QED) is 0.688. The molecule has 3 aromatic rings. The maximum atomic E-state index is 12.1. The second-order valence-corrected chi connectivity index (χ2v) is 6.74. The second kappa shape index (κ2) is 7.39. The molecule has 6 heteroatoms. The normalized spacial score (nSPS) is 10.5. The van der Waals surface area contributed by atoms with Gasteiger partial charge >= 0.3 is 0 Å². The predicted octanol–water partition coefficient (Wildman–Crippen LogP) is 3.99. The fourth-order valence-corrected chi connectivity index (χ4v) is 3.63. The zero-order valence-corrected chi connectivity index (χ0v) is 14.2. The maximum absolute atomic E-state index is 12.1. The first-order valence-electron chi connectivity index (χ1n) is 7.19. The lowest BCUT2D eigenvalue weighted by atomic mass is 10.2. The minimum absolute atomic E-state index is 0.170. The average Bonchev–Trinajstić information content (AvgIpc) is 3.21. The highest BCUT2D eigenvalue weighted by Gasteiger charge is 2.11. The van der Waals surface area contributed by atoms with Crippen molar-refractivity contribution in [1.29, 1.82) is 0 Å². The molecule has 0 radical (unpaired) electrons. The highest BCUT2D eigenvalue weighted by atomic mass is 32.1. The molecule has 0 saturated heterocycles. The van der Waals surface area contributed by atoms with Crippen LogP contribution >= 0.6 is 22.7 Å². The molecule has 0 atom stereocenters. The number of carbonyl (C=O) groups is 1. The fourth-order valence-electron chi connectivity index (χ4n) is 2.02. The summed E-state index contributed by atoms with van der Waals surface area (Å²) in [5.41, 5.74) is 1.60. The van der Waals surface area contributed by atoms with E-state index in [0.29, 0.717) is 18.8 Å². The van der Waals surface area contributed by atoms with Crippen LogP contribution in [0.25, 0.3) is 9.88 Å². The van der Waals surface area contributed by atoms with Crippen molar-refractivity contribution in [2.45, 2.75) is 6.92 Å².